The van der Waals surface area contributed by atoms with Gasteiger partial charge in [-0.05, 0) is 40.4 Å². The standard InChI is InChI=1S/C17H19ClN2OS/c1-12(2)16(20-6-5-19-11-20)9-21-8-13-10-22-17-4-3-14(18)7-15(13)17/h3-7,10-12,16H,8-9H2,1-2H3. The third-order valence-corrected chi connectivity index (χ3v) is 5.09. The second-order valence-electron chi connectivity index (χ2n) is 5.74. The fourth-order valence-corrected chi connectivity index (χ4v) is 3.64. The van der Waals surface area contributed by atoms with Crippen molar-refractivity contribution in [2.75, 3.05) is 6.61 Å². The molecule has 0 aliphatic heterocycles. The molecule has 0 aliphatic carbocycles. The number of fused-ring (bicyclic) bond motifs is 1. The summed E-state index contributed by atoms with van der Waals surface area (Å²) in [6, 6.07) is 6.31. The summed E-state index contributed by atoms with van der Waals surface area (Å²) in [4.78, 5) is 4.13. The van der Waals surface area contributed by atoms with Crippen LogP contribution in [-0.2, 0) is 11.3 Å². The molecule has 116 valence electrons. The van der Waals surface area contributed by atoms with Crippen molar-refractivity contribution in [3.05, 3.63) is 52.9 Å². The molecular formula is C17H19ClN2OS. The summed E-state index contributed by atoms with van der Waals surface area (Å²) in [6.45, 7) is 5.69. The van der Waals surface area contributed by atoms with Crippen LogP contribution in [0.1, 0.15) is 25.5 Å². The number of imidazole rings is 1. The van der Waals surface area contributed by atoms with E-state index >= 15 is 0 Å². The molecule has 1 atom stereocenters. The number of ether oxygens (including phenoxy) is 1. The lowest BCUT2D eigenvalue weighted by Crippen LogP contribution is -2.19. The zero-order valence-electron chi connectivity index (χ0n) is 12.7. The molecule has 22 heavy (non-hydrogen) atoms. The van der Waals surface area contributed by atoms with Crippen LogP contribution in [0.4, 0.5) is 0 Å². The molecule has 0 fully saturated rings. The fraction of sp³-hybridized carbons (Fsp3) is 0.353. The minimum atomic E-state index is 0.302. The van der Waals surface area contributed by atoms with Crippen LogP contribution in [0.15, 0.2) is 42.3 Å². The van der Waals surface area contributed by atoms with E-state index in [9.17, 15) is 0 Å². The van der Waals surface area contributed by atoms with Crippen molar-refractivity contribution in [2.24, 2.45) is 5.92 Å². The Morgan fingerprint density at radius 2 is 2.23 bits per heavy atom. The average molecular weight is 335 g/mol. The van der Waals surface area contributed by atoms with Crippen LogP contribution in [0.5, 0.6) is 0 Å². The van der Waals surface area contributed by atoms with Gasteiger partial charge in [-0.15, -0.1) is 11.3 Å². The van der Waals surface area contributed by atoms with Crippen molar-refractivity contribution in [1.82, 2.24) is 9.55 Å². The number of hydrogen-bond acceptors (Lipinski definition) is 3. The first-order valence-corrected chi connectivity index (χ1v) is 8.61. The van der Waals surface area contributed by atoms with Crippen LogP contribution < -0.4 is 0 Å². The first kappa shape index (κ1) is 15.5. The molecule has 0 saturated heterocycles. The van der Waals surface area contributed by atoms with E-state index in [4.69, 9.17) is 16.3 Å². The van der Waals surface area contributed by atoms with Crippen molar-refractivity contribution in [3.8, 4) is 0 Å². The molecule has 3 rings (SSSR count). The molecule has 1 aromatic carbocycles. The van der Waals surface area contributed by atoms with Gasteiger partial charge < -0.3 is 9.30 Å². The van der Waals surface area contributed by atoms with Gasteiger partial charge in [0.15, 0.2) is 0 Å². The van der Waals surface area contributed by atoms with Gasteiger partial charge in [-0.25, -0.2) is 4.98 Å². The normalized spacial score (nSPS) is 13.1. The summed E-state index contributed by atoms with van der Waals surface area (Å²) in [5.74, 6) is 0.489. The number of thiophene rings is 1. The molecule has 2 heterocycles. The first-order valence-electron chi connectivity index (χ1n) is 7.36. The van der Waals surface area contributed by atoms with Gasteiger partial charge in [0.1, 0.15) is 0 Å². The molecule has 0 aliphatic rings. The smallest absolute Gasteiger partial charge is 0.0949 e. The van der Waals surface area contributed by atoms with E-state index in [0.29, 0.717) is 25.2 Å². The van der Waals surface area contributed by atoms with E-state index in [0.717, 1.165) is 5.02 Å². The van der Waals surface area contributed by atoms with Crippen molar-refractivity contribution >= 4 is 33.0 Å². The van der Waals surface area contributed by atoms with Crippen LogP contribution >= 0.6 is 22.9 Å². The van der Waals surface area contributed by atoms with Crippen molar-refractivity contribution in [3.63, 3.8) is 0 Å². The second kappa shape index (κ2) is 6.82. The third-order valence-electron chi connectivity index (χ3n) is 3.84. The number of benzene rings is 1. The van der Waals surface area contributed by atoms with Gasteiger partial charge in [-0.1, -0.05) is 25.4 Å². The van der Waals surface area contributed by atoms with Crippen LogP contribution in [-0.4, -0.2) is 16.2 Å². The maximum atomic E-state index is 6.09. The average Bonchev–Trinajstić information content (AvgIpc) is 3.13. The Balaban J connectivity index is 1.67. The molecule has 3 nitrogen and oxygen atoms in total. The summed E-state index contributed by atoms with van der Waals surface area (Å²) >= 11 is 7.83. The Morgan fingerprint density at radius 3 is 2.95 bits per heavy atom. The minimum Gasteiger partial charge on any atom is -0.375 e. The van der Waals surface area contributed by atoms with E-state index in [2.05, 4.69) is 34.8 Å². The maximum absolute atomic E-state index is 6.09. The molecule has 0 amide bonds. The maximum Gasteiger partial charge on any atom is 0.0949 e. The van der Waals surface area contributed by atoms with Crippen LogP contribution in [0, 0.1) is 5.92 Å². The van der Waals surface area contributed by atoms with Crippen LogP contribution in [0.25, 0.3) is 10.1 Å². The highest BCUT2D eigenvalue weighted by atomic mass is 35.5. The zero-order valence-corrected chi connectivity index (χ0v) is 14.3. The summed E-state index contributed by atoms with van der Waals surface area (Å²) in [5.41, 5.74) is 1.20. The molecule has 0 bridgehead atoms. The highest BCUT2D eigenvalue weighted by Gasteiger charge is 2.15. The molecule has 0 N–H and O–H groups in total. The van der Waals surface area contributed by atoms with E-state index < -0.39 is 0 Å². The summed E-state index contributed by atoms with van der Waals surface area (Å²) in [5, 5.41) is 4.12. The van der Waals surface area contributed by atoms with E-state index in [1.165, 1.54) is 15.6 Å². The molecule has 0 radical (unpaired) electrons. The highest BCUT2D eigenvalue weighted by molar-refractivity contribution is 7.17. The van der Waals surface area contributed by atoms with Crippen molar-refractivity contribution in [1.29, 1.82) is 0 Å². The lowest BCUT2D eigenvalue weighted by atomic mass is 10.1. The van der Waals surface area contributed by atoms with Gasteiger partial charge in [0.2, 0.25) is 0 Å². The Labute approximate surface area is 139 Å². The monoisotopic (exact) mass is 334 g/mol. The van der Waals surface area contributed by atoms with Crippen molar-refractivity contribution in [2.45, 2.75) is 26.5 Å². The fourth-order valence-electron chi connectivity index (χ4n) is 2.54. The topological polar surface area (TPSA) is 27.1 Å². The number of nitrogens with zero attached hydrogens (tertiary/aromatic N) is 2. The molecule has 3 aromatic rings. The van der Waals surface area contributed by atoms with Gasteiger partial charge >= 0.3 is 0 Å². The minimum absolute atomic E-state index is 0.302. The van der Waals surface area contributed by atoms with Crippen LogP contribution in [0.2, 0.25) is 5.02 Å². The van der Waals surface area contributed by atoms with E-state index in [1.54, 1.807) is 11.3 Å². The summed E-state index contributed by atoms with van der Waals surface area (Å²) < 4.78 is 9.35. The largest absolute Gasteiger partial charge is 0.375 e. The number of aromatic nitrogens is 2. The molecule has 0 saturated carbocycles. The number of hydrogen-bond donors (Lipinski definition) is 0. The number of halogens is 1. The molecule has 2 aromatic heterocycles. The molecule has 0 spiro atoms. The third kappa shape index (κ3) is 3.35. The zero-order chi connectivity index (χ0) is 15.5. The first-order chi connectivity index (χ1) is 10.6. The Kier molecular flexibility index (Phi) is 4.81. The molecular weight excluding hydrogens is 316 g/mol. The summed E-state index contributed by atoms with van der Waals surface area (Å²) in [7, 11) is 0. The lowest BCUT2D eigenvalue weighted by molar-refractivity contribution is 0.0761. The van der Waals surface area contributed by atoms with Crippen molar-refractivity contribution < 1.29 is 4.74 Å². The van der Waals surface area contributed by atoms with E-state index in [1.807, 2.05) is 30.9 Å². The van der Waals surface area contributed by atoms with Crippen LogP contribution in [0.3, 0.4) is 0 Å². The van der Waals surface area contributed by atoms with E-state index in [-0.39, 0.29) is 0 Å². The Morgan fingerprint density at radius 1 is 1.36 bits per heavy atom. The quantitative estimate of drug-likeness (QED) is 0.622. The summed E-state index contributed by atoms with van der Waals surface area (Å²) in [6.07, 6.45) is 5.66. The lowest BCUT2D eigenvalue weighted by Gasteiger charge is -2.22. The van der Waals surface area contributed by atoms with Gasteiger partial charge in [-0.3, -0.25) is 0 Å². The molecule has 5 heteroatoms. The van der Waals surface area contributed by atoms with Gasteiger partial charge in [0.05, 0.1) is 25.6 Å². The number of rotatable bonds is 6. The highest BCUT2D eigenvalue weighted by Crippen LogP contribution is 2.29. The molecule has 1 unspecified atom stereocenters. The Hall–Kier alpha value is -1.36. The SMILES string of the molecule is CC(C)C(COCc1csc2ccc(Cl)cc12)n1ccnc1. The van der Waals surface area contributed by atoms with Gasteiger partial charge in [-0.2, -0.15) is 0 Å². The Bertz CT molecular complexity index is 736. The van der Waals surface area contributed by atoms with Gasteiger partial charge in [0, 0.05) is 22.1 Å². The predicted octanol–water partition coefficient (Wildman–Crippen LogP) is 5.17. The second-order valence-corrected chi connectivity index (χ2v) is 7.09. The van der Waals surface area contributed by atoms with Gasteiger partial charge in [0.25, 0.3) is 0 Å². The predicted molar refractivity (Wildman–Crippen MR) is 92.6 cm³/mol.